The Bertz CT molecular complexity index is 506. The summed E-state index contributed by atoms with van der Waals surface area (Å²) in [6.07, 6.45) is 3.02. The maximum atomic E-state index is 12.0. The number of halogens is 1. The van der Waals surface area contributed by atoms with Gasteiger partial charge in [0.05, 0.1) is 11.3 Å². The van der Waals surface area contributed by atoms with Gasteiger partial charge in [0.1, 0.15) is 0 Å². The molecule has 0 aliphatic heterocycles. The Hall–Kier alpha value is -1.40. The quantitative estimate of drug-likeness (QED) is 0.666. The van der Waals surface area contributed by atoms with E-state index in [0.29, 0.717) is 24.6 Å². The van der Waals surface area contributed by atoms with E-state index in [2.05, 4.69) is 28.2 Å². The highest BCUT2D eigenvalue weighted by Crippen LogP contribution is 2.22. The van der Waals surface area contributed by atoms with Crippen LogP contribution in [0.4, 0.5) is 5.69 Å². The van der Waals surface area contributed by atoms with Crippen molar-refractivity contribution in [3.63, 3.8) is 0 Å². The molecule has 0 radical (unpaired) electrons. The summed E-state index contributed by atoms with van der Waals surface area (Å²) < 4.78 is 0.720. The minimum Gasteiger partial charge on any atom is -0.478 e. The molecule has 0 bridgehead atoms. The van der Waals surface area contributed by atoms with Crippen LogP contribution in [0.5, 0.6) is 0 Å². The standard InChI is InChI=1S/C15H21BrN2O3/c1-2-10(7-8-17)3-6-14(19)18-13-9-11(16)4-5-12(13)15(20)21/h4-5,9-10H,2-3,6-8,17H2,1H3,(H,18,19)(H,20,21). The van der Waals surface area contributed by atoms with Crippen LogP contribution < -0.4 is 11.1 Å². The van der Waals surface area contributed by atoms with Crippen molar-refractivity contribution >= 4 is 33.5 Å². The van der Waals surface area contributed by atoms with Crippen LogP contribution >= 0.6 is 15.9 Å². The van der Waals surface area contributed by atoms with Gasteiger partial charge in [-0.15, -0.1) is 0 Å². The molecule has 0 aliphatic carbocycles. The van der Waals surface area contributed by atoms with Gasteiger partial charge in [0.2, 0.25) is 5.91 Å². The Morgan fingerprint density at radius 2 is 2.10 bits per heavy atom. The third-order valence-corrected chi connectivity index (χ3v) is 3.91. The van der Waals surface area contributed by atoms with Crippen molar-refractivity contribution < 1.29 is 14.7 Å². The second-order valence-corrected chi connectivity index (χ2v) is 5.85. The normalized spacial score (nSPS) is 12.0. The summed E-state index contributed by atoms with van der Waals surface area (Å²) in [5.74, 6) is -0.805. The first-order valence-corrected chi connectivity index (χ1v) is 7.80. The van der Waals surface area contributed by atoms with E-state index in [1.54, 1.807) is 12.1 Å². The molecule has 0 saturated heterocycles. The minimum absolute atomic E-state index is 0.0838. The van der Waals surface area contributed by atoms with Gasteiger partial charge in [0.15, 0.2) is 0 Å². The van der Waals surface area contributed by atoms with Gasteiger partial charge in [-0.2, -0.15) is 0 Å². The van der Waals surface area contributed by atoms with Crippen LogP contribution in [0.15, 0.2) is 22.7 Å². The molecule has 6 heteroatoms. The van der Waals surface area contributed by atoms with Crippen molar-refractivity contribution in [1.29, 1.82) is 0 Å². The lowest BCUT2D eigenvalue weighted by atomic mass is 9.96. The molecule has 5 nitrogen and oxygen atoms in total. The van der Waals surface area contributed by atoms with Crippen molar-refractivity contribution in [3.05, 3.63) is 28.2 Å². The smallest absolute Gasteiger partial charge is 0.337 e. The van der Waals surface area contributed by atoms with Crippen molar-refractivity contribution in [2.45, 2.75) is 32.6 Å². The van der Waals surface area contributed by atoms with E-state index in [9.17, 15) is 9.59 Å². The van der Waals surface area contributed by atoms with E-state index in [1.807, 2.05) is 0 Å². The Balaban J connectivity index is 2.66. The zero-order chi connectivity index (χ0) is 15.8. The molecule has 0 aromatic heterocycles. The van der Waals surface area contributed by atoms with E-state index in [1.165, 1.54) is 6.07 Å². The van der Waals surface area contributed by atoms with Crippen molar-refractivity contribution in [1.82, 2.24) is 0 Å². The maximum absolute atomic E-state index is 12.0. The van der Waals surface area contributed by atoms with Crippen LogP contribution in [0.2, 0.25) is 0 Å². The van der Waals surface area contributed by atoms with Crippen molar-refractivity contribution in [2.75, 3.05) is 11.9 Å². The van der Waals surface area contributed by atoms with Crippen LogP contribution in [0.25, 0.3) is 0 Å². The summed E-state index contributed by atoms with van der Waals surface area (Å²) in [5, 5.41) is 11.8. The highest BCUT2D eigenvalue weighted by atomic mass is 79.9. The first-order chi connectivity index (χ1) is 9.97. The molecule has 116 valence electrons. The molecule has 0 fully saturated rings. The second-order valence-electron chi connectivity index (χ2n) is 4.93. The summed E-state index contributed by atoms with van der Waals surface area (Å²) in [6, 6.07) is 4.69. The monoisotopic (exact) mass is 356 g/mol. The summed E-state index contributed by atoms with van der Waals surface area (Å²) in [7, 11) is 0. The van der Waals surface area contributed by atoms with Crippen LogP contribution in [0.1, 0.15) is 43.0 Å². The lowest BCUT2D eigenvalue weighted by Gasteiger charge is -2.14. The van der Waals surface area contributed by atoms with E-state index in [0.717, 1.165) is 23.7 Å². The number of hydrogen-bond donors (Lipinski definition) is 3. The van der Waals surface area contributed by atoms with Gasteiger partial charge in [0.25, 0.3) is 0 Å². The SMILES string of the molecule is CCC(CCN)CCC(=O)Nc1cc(Br)ccc1C(=O)O. The van der Waals surface area contributed by atoms with Crippen LogP contribution in [0.3, 0.4) is 0 Å². The highest BCUT2D eigenvalue weighted by molar-refractivity contribution is 9.10. The molecule has 1 atom stereocenters. The van der Waals surface area contributed by atoms with E-state index >= 15 is 0 Å². The summed E-state index contributed by atoms with van der Waals surface area (Å²) in [6.45, 7) is 2.70. The fourth-order valence-electron chi connectivity index (χ4n) is 2.14. The van der Waals surface area contributed by atoms with E-state index < -0.39 is 5.97 Å². The molecule has 21 heavy (non-hydrogen) atoms. The number of hydrogen-bond acceptors (Lipinski definition) is 3. The van der Waals surface area contributed by atoms with E-state index in [4.69, 9.17) is 10.8 Å². The second kappa shape index (κ2) is 8.79. The van der Waals surface area contributed by atoms with Gasteiger partial charge in [-0.25, -0.2) is 4.79 Å². The molecule has 1 rings (SSSR count). The van der Waals surface area contributed by atoms with E-state index in [-0.39, 0.29) is 11.5 Å². The lowest BCUT2D eigenvalue weighted by molar-refractivity contribution is -0.116. The zero-order valence-corrected chi connectivity index (χ0v) is 13.6. The molecular formula is C15H21BrN2O3. The number of nitrogens with two attached hydrogens (primary N) is 1. The Kier molecular flexibility index (Phi) is 7.39. The van der Waals surface area contributed by atoms with Crippen molar-refractivity contribution in [3.8, 4) is 0 Å². The van der Waals surface area contributed by atoms with Gasteiger partial charge in [-0.1, -0.05) is 29.3 Å². The molecule has 1 aromatic rings. The number of rotatable bonds is 8. The van der Waals surface area contributed by atoms with Crippen LogP contribution in [-0.2, 0) is 4.79 Å². The number of amides is 1. The average molecular weight is 357 g/mol. The van der Waals surface area contributed by atoms with Gasteiger partial charge in [-0.05, 0) is 43.5 Å². The first-order valence-electron chi connectivity index (χ1n) is 7.00. The van der Waals surface area contributed by atoms with Gasteiger partial charge in [0, 0.05) is 10.9 Å². The number of carboxylic acid groups (broad SMARTS) is 1. The van der Waals surface area contributed by atoms with Gasteiger partial charge in [-0.3, -0.25) is 4.79 Å². The number of carbonyl (C=O) groups excluding carboxylic acids is 1. The lowest BCUT2D eigenvalue weighted by Crippen LogP contribution is -2.16. The largest absolute Gasteiger partial charge is 0.478 e. The summed E-state index contributed by atoms with van der Waals surface area (Å²) >= 11 is 3.27. The number of aromatic carboxylic acids is 1. The maximum Gasteiger partial charge on any atom is 0.337 e. The topological polar surface area (TPSA) is 92.4 Å². The zero-order valence-electron chi connectivity index (χ0n) is 12.1. The minimum atomic E-state index is -1.06. The third kappa shape index (κ3) is 5.85. The Labute approximate surface area is 133 Å². The summed E-state index contributed by atoms with van der Waals surface area (Å²) in [4.78, 5) is 23.1. The molecule has 1 aromatic carbocycles. The molecule has 0 saturated carbocycles. The molecule has 0 aliphatic rings. The Morgan fingerprint density at radius 1 is 1.38 bits per heavy atom. The molecule has 4 N–H and O–H groups in total. The fourth-order valence-corrected chi connectivity index (χ4v) is 2.50. The van der Waals surface area contributed by atoms with Crippen LogP contribution in [-0.4, -0.2) is 23.5 Å². The van der Waals surface area contributed by atoms with Gasteiger partial charge < -0.3 is 16.2 Å². The predicted octanol–water partition coefficient (Wildman–Crippen LogP) is 3.24. The first kappa shape index (κ1) is 17.7. The van der Waals surface area contributed by atoms with Gasteiger partial charge >= 0.3 is 5.97 Å². The fraction of sp³-hybridized carbons (Fsp3) is 0.467. The van der Waals surface area contributed by atoms with Crippen LogP contribution in [0, 0.1) is 5.92 Å². The average Bonchev–Trinajstić information content (AvgIpc) is 2.43. The summed E-state index contributed by atoms with van der Waals surface area (Å²) in [5.41, 5.74) is 5.93. The molecule has 0 heterocycles. The Morgan fingerprint density at radius 3 is 2.67 bits per heavy atom. The molecule has 1 unspecified atom stereocenters. The molecule has 0 spiro atoms. The third-order valence-electron chi connectivity index (χ3n) is 3.42. The number of nitrogens with one attached hydrogen (secondary N) is 1. The van der Waals surface area contributed by atoms with Crippen molar-refractivity contribution in [2.24, 2.45) is 11.7 Å². The predicted molar refractivity (Wildman–Crippen MR) is 86.4 cm³/mol. The molecular weight excluding hydrogens is 336 g/mol. The number of benzene rings is 1. The number of carboxylic acids is 1. The number of anilines is 1. The number of carbonyl (C=O) groups is 2. The highest BCUT2D eigenvalue weighted by Gasteiger charge is 2.14. The molecule has 1 amide bonds.